The number of benzene rings is 1. The number of hydrogen-bond acceptors (Lipinski definition) is 4. The number of piperazine rings is 2. The standard InChI is InChI=1S/C22H29F2N5O2/c1-14-11-27(5-4-25-14)13-21(30)29-7-6-28(12-15(29)2)22(31)20-9-16-8-17(23)18(24)10-19(16)26(20)3/h8-10,14-15,25H,4-7,11-13H2,1-3H3/t14-,15-/m1/s1. The number of carbonyl (C=O) groups is 2. The first-order chi connectivity index (χ1) is 14.7. The molecule has 2 saturated heterocycles. The smallest absolute Gasteiger partial charge is 0.270 e. The average molecular weight is 434 g/mol. The zero-order valence-corrected chi connectivity index (χ0v) is 18.2. The van der Waals surface area contributed by atoms with Crippen LogP contribution in [0, 0.1) is 11.6 Å². The molecule has 2 aromatic rings. The van der Waals surface area contributed by atoms with Gasteiger partial charge in [0.15, 0.2) is 11.6 Å². The molecule has 4 rings (SSSR count). The molecule has 0 unspecified atom stereocenters. The number of carbonyl (C=O) groups excluding carboxylic acids is 2. The zero-order valence-electron chi connectivity index (χ0n) is 18.2. The van der Waals surface area contributed by atoms with Gasteiger partial charge in [0.1, 0.15) is 5.69 Å². The molecular weight excluding hydrogens is 404 g/mol. The number of aryl methyl sites for hydroxylation is 1. The lowest BCUT2D eigenvalue weighted by Crippen LogP contribution is -2.58. The van der Waals surface area contributed by atoms with Crippen molar-refractivity contribution in [1.82, 2.24) is 24.6 Å². The maximum Gasteiger partial charge on any atom is 0.270 e. The van der Waals surface area contributed by atoms with Gasteiger partial charge >= 0.3 is 0 Å². The molecule has 2 aliphatic rings. The van der Waals surface area contributed by atoms with Crippen molar-refractivity contribution in [1.29, 1.82) is 0 Å². The molecule has 1 N–H and O–H groups in total. The van der Waals surface area contributed by atoms with Gasteiger partial charge < -0.3 is 19.7 Å². The number of amides is 2. The zero-order chi connectivity index (χ0) is 22.3. The number of aromatic nitrogens is 1. The normalized spacial score (nSPS) is 22.9. The Bertz CT molecular complexity index is 1010. The van der Waals surface area contributed by atoms with E-state index >= 15 is 0 Å². The maximum atomic E-state index is 13.6. The third-order valence-electron chi connectivity index (χ3n) is 6.35. The number of nitrogens with one attached hydrogen (secondary N) is 1. The van der Waals surface area contributed by atoms with E-state index in [-0.39, 0.29) is 17.9 Å². The summed E-state index contributed by atoms with van der Waals surface area (Å²) in [5.74, 6) is -1.98. The molecule has 7 nitrogen and oxygen atoms in total. The summed E-state index contributed by atoms with van der Waals surface area (Å²) in [6.07, 6.45) is 0. The largest absolute Gasteiger partial charge is 0.340 e. The number of rotatable bonds is 3. The van der Waals surface area contributed by atoms with Crippen LogP contribution >= 0.6 is 0 Å². The van der Waals surface area contributed by atoms with Crippen LogP contribution in [0.25, 0.3) is 10.9 Å². The Morgan fingerprint density at radius 3 is 2.52 bits per heavy atom. The molecule has 0 bridgehead atoms. The van der Waals surface area contributed by atoms with E-state index in [0.29, 0.717) is 48.8 Å². The highest BCUT2D eigenvalue weighted by Crippen LogP contribution is 2.24. The maximum absolute atomic E-state index is 13.6. The molecule has 31 heavy (non-hydrogen) atoms. The van der Waals surface area contributed by atoms with Crippen molar-refractivity contribution in [2.75, 3.05) is 45.8 Å². The molecule has 3 heterocycles. The lowest BCUT2D eigenvalue weighted by molar-refractivity contribution is -0.136. The number of nitrogens with zero attached hydrogens (tertiary/aromatic N) is 4. The minimum absolute atomic E-state index is 0.0873. The Morgan fingerprint density at radius 1 is 1.06 bits per heavy atom. The highest BCUT2D eigenvalue weighted by Gasteiger charge is 2.32. The lowest BCUT2D eigenvalue weighted by Gasteiger charge is -2.41. The van der Waals surface area contributed by atoms with E-state index in [4.69, 9.17) is 0 Å². The quantitative estimate of drug-likeness (QED) is 0.796. The van der Waals surface area contributed by atoms with Gasteiger partial charge in [0.2, 0.25) is 5.91 Å². The van der Waals surface area contributed by atoms with Crippen LogP contribution in [0.1, 0.15) is 24.3 Å². The van der Waals surface area contributed by atoms with Crippen LogP contribution in [0.15, 0.2) is 18.2 Å². The number of fused-ring (bicyclic) bond motifs is 1. The van der Waals surface area contributed by atoms with Crippen LogP contribution in [-0.2, 0) is 11.8 Å². The Labute approximate surface area is 180 Å². The molecule has 0 radical (unpaired) electrons. The van der Waals surface area contributed by atoms with Crippen molar-refractivity contribution >= 4 is 22.7 Å². The van der Waals surface area contributed by atoms with E-state index in [1.807, 2.05) is 11.8 Å². The van der Waals surface area contributed by atoms with Gasteiger partial charge in [-0.25, -0.2) is 8.78 Å². The van der Waals surface area contributed by atoms with Gasteiger partial charge in [-0.3, -0.25) is 14.5 Å². The van der Waals surface area contributed by atoms with Gasteiger partial charge in [0.25, 0.3) is 5.91 Å². The van der Waals surface area contributed by atoms with Crippen molar-refractivity contribution in [3.8, 4) is 0 Å². The van der Waals surface area contributed by atoms with Crippen LogP contribution in [0.5, 0.6) is 0 Å². The highest BCUT2D eigenvalue weighted by molar-refractivity contribution is 5.99. The molecule has 2 aliphatic heterocycles. The summed E-state index contributed by atoms with van der Waals surface area (Å²) >= 11 is 0. The third kappa shape index (κ3) is 4.29. The fraction of sp³-hybridized carbons (Fsp3) is 0.545. The van der Waals surface area contributed by atoms with E-state index in [1.165, 1.54) is 0 Å². The van der Waals surface area contributed by atoms with Crippen molar-refractivity contribution in [3.63, 3.8) is 0 Å². The predicted molar refractivity (Wildman–Crippen MR) is 114 cm³/mol. The molecule has 2 atom stereocenters. The van der Waals surface area contributed by atoms with Crippen LogP contribution in [-0.4, -0.2) is 89.0 Å². The molecule has 2 amide bonds. The molecule has 0 aliphatic carbocycles. The molecule has 0 spiro atoms. The van der Waals surface area contributed by atoms with Gasteiger partial charge in [0.05, 0.1) is 12.1 Å². The second-order valence-electron chi connectivity index (χ2n) is 8.69. The summed E-state index contributed by atoms with van der Waals surface area (Å²) in [7, 11) is 1.67. The highest BCUT2D eigenvalue weighted by atomic mass is 19.2. The van der Waals surface area contributed by atoms with Gasteiger partial charge in [-0.1, -0.05) is 0 Å². The first-order valence-electron chi connectivity index (χ1n) is 10.7. The van der Waals surface area contributed by atoms with E-state index in [1.54, 1.807) is 22.6 Å². The number of halogens is 2. The summed E-state index contributed by atoms with van der Waals surface area (Å²) < 4.78 is 28.8. The fourth-order valence-electron chi connectivity index (χ4n) is 4.65. The second-order valence-corrected chi connectivity index (χ2v) is 8.69. The van der Waals surface area contributed by atoms with Crippen LogP contribution in [0.3, 0.4) is 0 Å². The summed E-state index contributed by atoms with van der Waals surface area (Å²) in [5.41, 5.74) is 0.844. The Morgan fingerprint density at radius 2 is 1.81 bits per heavy atom. The molecule has 1 aromatic carbocycles. The van der Waals surface area contributed by atoms with Crippen molar-refractivity contribution < 1.29 is 18.4 Å². The summed E-state index contributed by atoms with van der Waals surface area (Å²) in [5, 5.41) is 3.86. The minimum Gasteiger partial charge on any atom is -0.340 e. The summed E-state index contributed by atoms with van der Waals surface area (Å²) in [6.45, 7) is 8.36. The predicted octanol–water partition coefficient (Wildman–Crippen LogP) is 1.42. The van der Waals surface area contributed by atoms with Crippen LogP contribution in [0.4, 0.5) is 8.78 Å². The first-order valence-corrected chi connectivity index (χ1v) is 10.7. The third-order valence-corrected chi connectivity index (χ3v) is 6.35. The first kappa shape index (κ1) is 21.7. The van der Waals surface area contributed by atoms with Crippen molar-refractivity contribution in [2.45, 2.75) is 25.9 Å². The van der Waals surface area contributed by atoms with Gasteiger partial charge in [-0.05, 0) is 26.0 Å². The Hall–Kier alpha value is -2.52. The van der Waals surface area contributed by atoms with Crippen molar-refractivity contribution in [3.05, 3.63) is 35.5 Å². The van der Waals surface area contributed by atoms with Gasteiger partial charge in [-0.15, -0.1) is 0 Å². The molecule has 168 valence electrons. The SMILES string of the molecule is C[C@@H]1CN(CC(=O)N2CCN(C(=O)c3cc4cc(F)c(F)cc4n3C)C[C@H]2C)CCN1. The van der Waals surface area contributed by atoms with E-state index in [9.17, 15) is 18.4 Å². The average Bonchev–Trinajstić information content (AvgIpc) is 3.03. The Kier molecular flexibility index (Phi) is 5.98. The van der Waals surface area contributed by atoms with E-state index < -0.39 is 11.6 Å². The second kappa shape index (κ2) is 8.55. The lowest BCUT2D eigenvalue weighted by atomic mass is 10.1. The summed E-state index contributed by atoms with van der Waals surface area (Å²) in [4.78, 5) is 31.7. The minimum atomic E-state index is -0.938. The molecule has 1 aromatic heterocycles. The monoisotopic (exact) mass is 433 g/mol. The van der Waals surface area contributed by atoms with Crippen LogP contribution in [0.2, 0.25) is 0 Å². The van der Waals surface area contributed by atoms with Crippen LogP contribution < -0.4 is 5.32 Å². The van der Waals surface area contributed by atoms with Gasteiger partial charge in [-0.2, -0.15) is 0 Å². The molecule has 2 fully saturated rings. The van der Waals surface area contributed by atoms with Gasteiger partial charge in [0, 0.05) is 69.9 Å². The van der Waals surface area contributed by atoms with E-state index in [0.717, 1.165) is 31.8 Å². The molecule has 9 heteroatoms. The fourth-order valence-corrected chi connectivity index (χ4v) is 4.65. The summed E-state index contributed by atoms with van der Waals surface area (Å²) in [6, 6.07) is 4.08. The topological polar surface area (TPSA) is 60.8 Å². The van der Waals surface area contributed by atoms with E-state index in [2.05, 4.69) is 17.1 Å². The molecular formula is C22H29F2N5O2. The molecule has 0 saturated carbocycles. The number of hydrogen-bond donors (Lipinski definition) is 1. The van der Waals surface area contributed by atoms with Crippen molar-refractivity contribution in [2.24, 2.45) is 7.05 Å². The Balaban J connectivity index is 1.42.